The number of halogens is 2. The average molecular weight is 535 g/mol. The molecule has 0 unspecified atom stereocenters. The van der Waals surface area contributed by atoms with E-state index in [1.54, 1.807) is 31.2 Å². The van der Waals surface area contributed by atoms with Gasteiger partial charge in [0, 0.05) is 5.56 Å². The van der Waals surface area contributed by atoms with Crippen LogP contribution in [0.15, 0.2) is 80.8 Å². The average Bonchev–Trinajstić information content (AvgIpc) is 3.26. The van der Waals surface area contributed by atoms with Gasteiger partial charge in [0.25, 0.3) is 0 Å². The molecule has 3 aromatic carbocycles. The molecule has 0 bridgehead atoms. The van der Waals surface area contributed by atoms with Crippen LogP contribution in [-0.2, 0) is 9.59 Å². The Labute approximate surface area is 219 Å². The molecule has 38 heavy (non-hydrogen) atoms. The standard InChI is InChI=1S/C29H20F2O6S/c1-16(29-23(32)15-25(33)38-29)17-4-9-21(10-5-17)35-12-13-36-28-26(34)22-14-20(31)8-11-24(22)37-27(28)18-2-6-19(30)7-3-18/h2-11,14H,12-13,15H2,1H3/b29-16-. The van der Waals surface area contributed by atoms with Gasteiger partial charge in [-0.15, -0.1) is 0 Å². The first-order valence-corrected chi connectivity index (χ1v) is 12.4. The minimum Gasteiger partial charge on any atom is -0.490 e. The number of ketones is 1. The molecule has 192 valence electrons. The number of hydrogen-bond acceptors (Lipinski definition) is 7. The van der Waals surface area contributed by atoms with E-state index >= 15 is 0 Å². The van der Waals surface area contributed by atoms with Crippen molar-refractivity contribution < 1.29 is 32.3 Å². The number of thioether (sulfide) groups is 1. The van der Waals surface area contributed by atoms with Gasteiger partial charge in [0.2, 0.25) is 16.3 Å². The van der Waals surface area contributed by atoms with Gasteiger partial charge < -0.3 is 13.9 Å². The molecule has 6 nitrogen and oxygen atoms in total. The number of ether oxygens (including phenoxy) is 2. The number of rotatable bonds is 7. The van der Waals surface area contributed by atoms with Crippen molar-refractivity contribution in [3.05, 3.63) is 99.1 Å². The van der Waals surface area contributed by atoms with Crippen LogP contribution in [0.2, 0.25) is 0 Å². The third-order valence-electron chi connectivity index (χ3n) is 5.92. The SMILES string of the molecule is C/C(=C1/SC(=O)CC1=O)c1ccc(OCCOc2c(-c3ccc(F)cc3)oc3ccc(F)cc3c2=O)cc1. The Bertz CT molecular complexity index is 1640. The maximum absolute atomic E-state index is 13.8. The molecular formula is C29H20F2O6S. The number of allylic oxidation sites excluding steroid dienone is 2. The summed E-state index contributed by atoms with van der Waals surface area (Å²) in [6.07, 6.45) is -0.0775. The summed E-state index contributed by atoms with van der Waals surface area (Å²) in [6.45, 7) is 1.84. The monoisotopic (exact) mass is 534 g/mol. The summed E-state index contributed by atoms with van der Waals surface area (Å²) in [5.41, 5.74) is 1.56. The van der Waals surface area contributed by atoms with Crippen molar-refractivity contribution in [2.24, 2.45) is 0 Å². The number of benzene rings is 3. The Morgan fingerprint density at radius 3 is 2.26 bits per heavy atom. The van der Waals surface area contributed by atoms with Crippen molar-refractivity contribution in [1.29, 1.82) is 0 Å². The van der Waals surface area contributed by atoms with Crippen LogP contribution < -0.4 is 14.9 Å². The molecule has 2 heterocycles. The van der Waals surface area contributed by atoms with Gasteiger partial charge in [-0.3, -0.25) is 14.4 Å². The van der Waals surface area contributed by atoms with Crippen LogP contribution >= 0.6 is 11.8 Å². The Morgan fingerprint density at radius 2 is 1.58 bits per heavy atom. The summed E-state index contributed by atoms with van der Waals surface area (Å²) in [5.74, 6) is -0.720. The predicted molar refractivity (Wildman–Crippen MR) is 140 cm³/mol. The van der Waals surface area contributed by atoms with Crippen molar-refractivity contribution in [3.8, 4) is 22.8 Å². The van der Waals surface area contributed by atoms with E-state index in [1.807, 2.05) is 0 Å². The van der Waals surface area contributed by atoms with E-state index in [0.29, 0.717) is 16.2 Å². The largest absolute Gasteiger partial charge is 0.490 e. The van der Waals surface area contributed by atoms with Crippen molar-refractivity contribution >= 4 is 39.2 Å². The van der Waals surface area contributed by atoms with Crippen LogP contribution in [0.5, 0.6) is 11.5 Å². The van der Waals surface area contributed by atoms with E-state index in [2.05, 4.69) is 0 Å². The van der Waals surface area contributed by atoms with E-state index in [0.717, 1.165) is 29.0 Å². The second-order valence-corrected chi connectivity index (χ2v) is 9.55. The van der Waals surface area contributed by atoms with Crippen LogP contribution in [0.25, 0.3) is 27.9 Å². The van der Waals surface area contributed by atoms with Gasteiger partial charge in [-0.2, -0.15) is 0 Å². The molecule has 1 fully saturated rings. The van der Waals surface area contributed by atoms with Crippen molar-refractivity contribution in [3.63, 3.8) is 0 Å². The fourth-order valence-corrected chi connectivity index (χ4v) is 4.90. The van der Waals surface area contributed by atoms with Crippen LogP contribution in [0.1, 0.15) is 18.9 Å². The van der Waals surface area contributed by atoms with Gasteiger partial charge in [0.05, 0.1) is 16.7 Å². The molecule has 0 radical (unpaired) electrons. The molecule has 0 atom stereocenters. The number of fused-ring (bicyclic) bond motifs is 1. The van der Waals surface area contributed by atoms with Gasteiger partial charge in [-0.1, -0.05) is 12.1 Å². The topological polar surface area (TPSA) is 82.8 Å². The van der Waals surface area contributed by atoms with Gasteiger partial charge in [-0.05, 0) is 84.4 Å². The minimum absolute atomic E-state index is 0.0208. The van der Waals surface area contributed by atoms with E-state index < -0.39 is 17.1 Å². The molecular weight excluding hydrogens is 514 g/mol. The summed E-state index contributed by atoms with van der Waals surface area (Å²) in [6, 6.07) is 16.0. The van der Waals surface area contributed by atoms with Crippen molar-refractivity contribution in [1.82, 2.24) is 0 Å². The summed E-state index contributed by atoms with van der Waals surface area (Å²) < 4.78 is 44.6. The fraction of sp³-hybridized carbons (Fsp3) is 0.138. The molecule has 0 aliphatic carbocycles. The molecule has 0 N–H and O–H groups in total. The lowest BCUT2D eigenvalue weighted by atomic mass is 10.1. The Hall–Kier alpha value is -4.24. The zero-order valence-corrected chi connectivity index (χ0v) is 20.9. The van der Waals surface area contributed by atoms with Crippen LogP contribution in [-0.4, -0.2) is 24.1 Å². The molecule has 0 amide bonds. The van der Waals surface area contributed by atoms with E-state index in [9.17, 15) is 23.2 Å². The Balaban J connectivity index is 1.32. The second-order valence-electron chi connectivity index (χ2n) is 8.49. The number of Topliss-reactive ketones (excluding diaryl/α,β-unsaturated/α-hetero) is 1. The summed E-state index contributed by atoms with van der Waals surface area (Å²) >= 11 is 0.969. The molecule has 1 saturated heterocycles. The normalized spacial score (nSPS) is 14.7. The highest BCUT2D eigenvalue weighted by molar-refractivity contribution is 8.18. The maximum atomic E-state index is 13.8. The third kappa shape index (κ3) is 5.24. The van der Waals surface area contributed by atoms with Gasteiger partial charge in [-0.25, -0.2) is 8.78 Å². The van der Waals surface area contributed by atoms with Crippen LogP contribution in [0, 0.1) is 11.6 Å². The summed E-state index contributed by atoms with van der Waals surface area (Å²) in [4.78, 5) is 37.1. The molecule has 0 saturated carbocycles. The summed E-state index contributed by atoms with van der Waals surface area (Å²) in [7, 11) is 0. The molecule has 1 aliphatic heterocycles. The lowest BCUT2D eigenvalue weighted by molar-refractivity contribution is -0.119. The molecule has 1 aromatic heterocycles. The van der Waals surface area contributed by atoms with Crippen molar-refractivity contribution in [2.45, 2.75) is 13.3 Å². The highest BCUT2D eigenvalue weighted by Crippen LogP contribution is 2.36. The molecule has 4 aromatic rings. The first-order valence-electron chi connectivity index (χ1n) is 11.6. The van der Waals surface area contributed by atoms with Gasteiger partial charge in [0.15, 0.2) is 11.5 Å². The van der Waals surface area contributed by atoms with E-state index in [1.165, 1.54) is 36.4 Å². The zero-order valence-electron chi connectivity index (χ0n) is 20.1. The number of carbonyl (C=O) groups excluding carboxylic acids is 2. The number of hydrogen-bond donors (Lipinski definition) is 0. The predicted octanol–water partition coefficient (Wildman–Crippen LogP) is 6.16. The van der Waals surface area contributed by atoms with Crippen LogP contribution in [0.4, 0.5) is 8.78 Å². The lowest BCUT2D eigenvalue weighted by Crippen LogP contribution is -2.15. The van der Waals surface area contributed by atoms with Crippen molar-refractivity contribution in [2.75, 3.05) is 13.2 Å². The highest BCUT2D eigenvalue weighted by Gasteiger charge is 2.28. The quantitative estimate of drug-likeness (QED) is 0.160. The maximum Gasteiger partial charge on any atom is 0.235 e. The number of carbonyl (C=O) groups is 2. The van der Waals surface area contributed by atoms with E-state index in [-0.39, 0.29) is 53.0 Å². The summed E-state index contributed by atoms with van der Waals surface area (Å²) in [5, 5.41) is -0.134. The highest BCUT2D eigenvalue weighted by atomic mass is 32.2. The zero-order chi connectivity index (χ0) is 26.8. The van der Waals surface area contributed by atoms with Gasteiger partial charge in [0.1, 0.15) is 36.2 Å². The second kappa shape index (κ2) is 10.6. The molecule has 0 spiro atoms. The fourth-order valence-electron chi connectivity index (χ4n) is 4.01. The Morgan fingerprint density at radius 1 is 0.895 bits per heavy atom. The smallest absolute Gasteiger partial charge is 0.235 e. The lowest BCUT2D eigenvalue weighted by Gasteiger charge is -2.13. The van der Waals surface area contributed by atoms with E-state index in [4.69, 9.17) is 13.9 Å². The molecule has 1 aliphatic rings. The third-order valence-corrected chi connectivity index (χ3v) is 7.03. The first-order chi connectivity index (χ1) is 18.3. The van der Waals surface area contributed by atoms with Crippen LogP contribution in [0.3, 0.4) is 0 Å². The molecule has 9 heteroatoms. The minimum atomic E-state index is -0.592. The van der Waals surface area contributed by atoms with Gasteiger partial charge >= 0.3 is 0 Å². The first kappa shape index (κ1) is 25.4. The Kier molecular flexibility index (Phi) is 7.11. The molecule has 5 rings (SSSR count).